The van der Waals surface area contributed by atoms with Gasteiger partial charge in [-0.25, -0.2) is 0 Å². The van der Waals surface area contributed by atoms with Crippen LogP contribution in [0.1, 0.15) is 50.7 Å². The molecule has 0 aromatic heterocycles. The zero-order chi connectivity index (χ0) is 18.5. The Balaban J connectivity index is 1.69. The molecule has 3 rings (SSSR count). The highest BCUT2D eigenvalue weighted by atomic mass is 16.5. The van der Waals surface area contributed by atoms with Crippen molar-refractivity contribution in [1.29, 1.82) is 0 Å². The summed E-state index contributed by atoms with van der Waals surface area (Å²) in [5.74, 6) is 4.28. The van der Waals surface area contributed by atoms with Gasteiger partial charge in [0.15, 0.2) is 0 Å². The Hall–Kier alpha value is -2.74. The molecule has 2 nitrogen and oxygen atoms in total. The van der Waals surface area contributed by atoms with Gasteiger partial charge in [-0.3, -0.25) is 0 Å². The van der Waals surface area contributed by atoms with E-state index in [2.05, 4.69) is 52.0 Å². The lowest BCUT2D eigenvalue weighted by Crippen LogP contribution is -1.91. The van der Waals surface area contributed by atoms with Crippen LogP contribution in [0.5, 0.6) is 23.0 Å². The van der Waals surface area contributed by atoms with Crippen molar-refractivity contribution in [2.75, 3.05) is 0 Å². The molecule has 0 radical (unpaired) electrons. The highest BCUT2D eigenvalue weighted by molar-refractivity contribution is 5.40. The third-order valence-corrected chi connectivity index (χ3v) is 4.34. The SMILES string of the molecule is CC(C)c1cccc(Oc2ccc(Oc3cccc(C(C)C)c3)cc2)c1. The maximum atomic E-state index is 5.97. The van der Waals surface area contributed by atoms with Gasteiger partial charge in [0, 0.05) is 0 Å². The molecule has 0 amide bonds. The van der Waals surface area contributed by atoms with Gasteiger partial charge < -0.3 is 9.47 Å². The van der Waals surface area contributed by atoms with Crippen LogP contribution in [0.4, 0.5) is 0 Å². The molecule has 3 aromatic carbocycles. The normalized spacial score (nSPS) is 11.0. The number of ether oxygens (including phenoxy) is 2. The Morgan fingerprint density at radius 1 is 0.500 bits per heavy atom. The van der Waals surface area contributed by atoms with Gasteiger partial charge in [0.25, 0.3) is 0 Å². The van der Waals surface area contributed by atoms with Gasteiger partial charge in [-0.2, -0.15) is 0 Å². The van der Waals surface area contributed by atoms with Gasteiger partial charge in [0.1, 0.15) is 23.0 Å². The fourth-order valence-electron chi connectivity index (χ4n) is 2.72. The van der Waals surface area contributed by atoms with Gasteiger partial charge >= 0.3 is 0 Å². The van der Waals surface area contributed by atoms with E-state index in [9.17, 15) is 0 Å². The van der Waals surface area contributed by atoms with E-state index in [4.69, 9.17) is 9.47 Å². The molecule has 0 saturated heterocycles. The molecule has 0 unspecified atom stereocenters. The summed E-state index contributed by atoms with van der Waals surface area (Å²) in [7, 11) is 0. The van der Waals surface area contributed by atoms with Crippen molar-refractivity contribution in [3.63, 3.8) is 0 Å². The van der Waals surface area contributed by atoms with E-state index in [1.807, 2.05) is 48.5 Å². The van der Waals surface area contributed by atoms with E-state index in [-0.39, 0.29) is 0 Å². The maximum absolute atomic E-state index is 5.97. The summed E-state index contributed by atoms with van der Waals surface area (Å²) in [6, 6.07) is 24.2. The molecule has 0 heterocycles. The van der Waals surface area contributed by atoms with Crippen LogP contribution in [-0.4, -0.2) is 0 Å². The highest BCUT2D eigenvalue weighted by Crippen LogP contribution is 2.29. The number of hydrogen-bond donors (Lipinski definition) is 0. The van der Waals surface area contributed by atoms with E-state index in [0.29, 0.717) is 11.8 Å². The lowest BCUT2D eigenvalue weighted by Gasteiger charge is -2.11. The molecule has 0 aliphatic rings. The second-order valence-corrected chi connectivity index (χ2v) is 7.13. The molecule has 0 N–H and O–H groups in total. The second kappa shape index (κ2) is 8.09. The van der Waals surface area contributed by atoms with Crippen molar-refractivity contribution in [3.8, 4) is 23.0 Å². The molecule has 0 spiro atoms. The van der Waals surface area contributed by atoms with Gasteiger partial charge in [-0.15, -0.1) is 0 Å². The minimum absolute atomic E-state index is 0.482. The molecule has 0 bridgehead atoms. The first-order valence-electron chi connectivity index (χ1n) is 9.17. The lowest BCUT2D eigenvalue weighted by molar-refractivity contribution is 0.468. The summed E-state index contributed by atoms with van der Waals surface area (Å²) >= 11 is 0. The standard InChI is InChI=1S/C24H26O2/c1-17(2)19-7-5-9-23(15-19)25-21-11-13-22(14-12-21)26-24-10-6-8-20(16-24)18(3)4/h5-18H,1-4H3. The Kier molecular flexibility index (Phi) is 5.62. The van der Waals surface area contributed by atoms with Crippen molar-refractivity contribution in [3.05, 3.63) is 83.9 Å². The van der Waals surface area contributed by atoms with Crippen LogP contribution in [0.2, 0.25) is 0 Å². The summed E-state index contributed by atoms with van der Waals surface area (Å²) in [4.78, 5) is 0. The zero-order valence-electron chi connectivity index (χ0n) is 15.9. The van der Waals surface area contributed by atoms with Crippen LogP contribution in [0.25, 0.3) is 0 Å². The third kappa shape index (κ3) is 4.66. The Bertz CT molecular complexity index is 776. The van der Waals surface area contributed by atoms with E-state index >= 15 is 0 Å². The Morgan fingerprint density at radius 3 is 1.23 bits per heavy atom. The molecular formula is C24H26O2. The molecule has 0 aliphatic heterocycles. The van der Waals surface area contributed by atoms with Crippen molar-refractivity contribution < 1.29 is 9.47 Å². The summed E-state index contributed by atoms with van der Waals surface area (Å²) in [5.41, 5.74) is 2.54. The van der Waals surface area contributed by atoms with Crippen molar-refractivity contribution in [2.24, 2.45) is 0 Å². The van der Waals surface area contributed by atoms with Gasteiger partial charge in [0.2, 0.25) is 0 Å². The van der Waals surface area contributed by atoms with Crippen molar-refractivity contribution in [1.82, 2.24) is 0 Å². The fourth-order valence-corrected chi connectivity index (χ4v) is 2.72. The molecule has 0 fully saturated rings. The first kappa shape index (κ1) is 18.1. The van der Waals surface area contributed by atoms with E-state index < -0.39 is 0 Å². The minimum atomic E-state index is 0.482. The predicted molar refractivity (Wildman–Crippen MR) is 108 cm³/mol. The lowest BCUT2D eigenvalue weighted by atomic mass is 10.0. The van der Waals surface area contributed by atoms with E-state index in [1.54, 1.807) is 0 Å². The first-order valence-corrected chi connectivity index (χ1v) is 9.17. The number of rotatable bonds is 6. The average molecular weight is 346 g/mol. The minimum Gasteiger partial charge on any atom is -0.457 e. The molecule has 0 atom stereocenters. The summed E-state index contributed by atoms with van der Waals surface area (Å²) in [6.45, 7) is 8.72. The van der Waals surface area contributed by atoms with Crippen molar-refractivity contribution in [2.45, 2.75) is 39.5 Å². The van der Waals surface area contributed by atoms with Crippen LogP contribution >= 0.6 is 0 Å². The monoisotopic (exact) mass is 346 g/mol. The molecule has 134 valence electrons. The molecule has 0 aliphatic carbocycles. The topological polar surface area (TPSA) is 18.5 Å². The number of hydrogen-bond acceptors (Lipinski definition) is 2. The molecule has 0 saturated carbocycles. The summed E-state index contributed by atoms with van der Waals surface area (Å²) in [5, 5.41) is 0. The highest BCUT2D eigenvalue weighted by Gasteiger charge is 2.05. The van der Waals surface area contributed by atoms with Crippen LogP contribution < -0.4 is 9.47 Å². The predicted octanol–water partition coefficient (Wildman–Crippen LogP) is 7.52. The van der Waals surface area contributed by atoms with Crippen molar-refractivity contribution >= 4 is 0 Å². The van der Waals surface area contributed by atoms with Gasteiger partial charge in [-0.05, 0) is 71.5 Å². The second-order valence-electron chi connectivity index (χ2n) is 7.13. The Morgan fingerprint density at radius 2 is 0.885 bits per heavy atom. The van der Waals surface area contributed by atoms with E-state index in [1.165, 1.54) is 11.1 Å². The molecule has 2 heteroatoms. The third-order valence-electron chi connectivity index (χ3n) is 4.34. The molecule has 26 heavy (non-hydrogen) atoms. The Labute approximate surface area is 156 Å². The largest absolute Gasteiger partial charge is 0.457 e. The van der Waals surface area contributed by atoms with Gasteiger partial charge in [-0.1, -0.05) is 52.0 Å². The number of benzene rings is 3. The molecular weight excluding hydrogens is 320 g/mol. The average Bonchev–Trinajstić information content (AvgIpc) is 2.64. The van der Waals surface area contributed by atoms with E-state index in [0.717, 1.165) is 23.0 Å². The van der Waals surface area contributed by atoms with Crippen LogP contribution in [-0.2, 0) is 0 Å². The first-order chi connectivity index (χ1) is 12.5. The smallest absolute Gasteiger partial charge is 0.127 e. The van der Waals surface area contributed by atoms with Crippen LogP contribution in [0, 0.1) is 0 Å². The quantitative estimate of drug-likeness (QED) is 0.459. The zero-order valence-corrected chi connectivity index (χ0v) is 15.9. The van der Waals surface area contributed by atoms with Crippen LogP contribution in [0.15, 0.2) is 72.8 Å². The summed E-state index contributed by atoms with van der Waals surface area (Å²) < 4.78 is 11.9. The maximum Gasteiger partial charge on any atom is 0.127 e. The summed E-state index contributed by atoms with van der Waals surface area (Å²) in [6.07, 6.45) is 0. The van der Waals surface area contributed by atoms with Crippen LogP contribution in [0.3, 0.4) is 0 Å². The molecule has 3 aromatic rings. The van der Waals surface area contributed by atoms with Gasteiger partial charge in [0.05, 0.1) is 0 Å². The fraction of sp³-hybridized carbons (Fsp3) is 0.250.